The molecule has 1 rings (SSSR count). The predicted molar refractivity (Wildman–Crippen MR) is 54.4 cm³/mol. The Bertz CT molecular complexity index is 389. The Balaban J connectivity index is 2.63. The molecule has 5 nitrogen and oxygen atoms in total. The van der Waals surface area contributed by atoms with Crippen LogP contribution in [0.4, 0.5) is 0 Å². The summed E-state index contributed by atoms with van der Waals surface area (Å²) in [6.07, 6.45) is 3.54. The van der Waals surface area contributed by atoms with Gasteiger partial charge in [-0.25, -0.2) is 14.8 Å². The van der Waals surface area contributed by atoms with Gasteiger partial charge < -0.3 is 10.4 Å². The molecule has 1 heterocycles. The van der Waals surface area contributed by atoms with Gasteiger partial charge in [-0.15, -0.1) is 0 Å². The van der Waals surface area contributed by atoms with Crippen molar-refractivity contribution in [2.24, 2.45) is 0 Å². The molecule has 0 atom stereocenters. The van der Waals surface area contributed by atoms with Crippen molar-refractivity contribution in [1.82, 2.24) is 15.3 Å². The van der Waals surface area contributed by atoms with Gasteiger partial charge in [0, 0.05) is 25.4 Å². The Morgan fingerprint density at radius 1 is 1.53 bits per heavy atom. The summed E-state index contributed by atoms with van der Waals surface area (Å²) in [5, 5.41) is 11.5. The van der Waals surface area contributed by atoms with Crippen LogP contribution >= 0.6 is 0 Å². The number of rotatable bonds is 3. The molecule has 0 aliphatic carbocycles. The molecule has 1 aromatic heterocycles. The van der Waals surface area contributed by atoms with Gasteiger partial charge in [0.1, 0.15) is 0 Å². The van der Waals surface area contributed by atoms with E-state index in [1.165, 1.54) is 12.4 Å². The van der Waals surface area contributed by atoms with Crippen LogP contribution in [-0.4, -0.2) is 34.6 Å². The minimum atomic E-state index is -1.13. The van der Waals surface area contributed by atoms with E-state index in [0.717, 1.165) is 13.0 Å². The lowest BCUT2D eigenvalue weighted by Gasteiger charge is -1.92. The fourth-order valence-electron chi connectivity index (χ4n) is 0.855. The zero-order chi connectivity index (χ0) is 11.1. The fourth-order valence-corrected chi connectivity index (χ4v) is 0.855. The molecule has 0 amide bonds. The second kappa shape index (κ2) is 5.73. The van der Waals surface area contributed by atoms with Crippen LogP contribution in [0.25, 0.3) is 0 Å². The molecule has 0 aliphatic rings. The maximum atomic E-state index is 10.4. The first-order valence-electron chi connectivity index (χ1n) is 4.43. The highest BCUT2D eigenvalue weighted by Crippen LogP contribution is 1.93. The van der Waals surface area contributed by atoms with Crippen molar-refractivity contribution in [3.05, 3.63) is 23.8 Å². The average Bonchev–Trinajstić information content (AvgIpc) is 2.25. The molecule has 0 saturated heterocycles. The van der Waals surface area contributed by atoms with Crippen LogP contribution in [0.3, 0.4) is 0 Å². The molecule has 78 valence electrons. The number of aromatic carboxylic acids is 1. The Labute approximate surface area is 87.6 Å². The fraction of sp³-hybridized carbons (Fsp3) is 0.300. The highest BCUT2D eigenvalue weighted by molar-refractivity contribution is 5.82. The standard InChI is InChI=1S/C10H11N3O2/c1-11-5-3-2-4-8-6-12-9(10(14)15)13-7-8/h6-7,11H,3,5H2,1H3,(H,14,15). The number of nitrogens with zero attached hydrogens (tertiary/aromatic N) is 2. The number of carbonyl (C=O) groups is 1. The number of nitrogens with one attached hydrogen (secondary N) is 1. The van der Waals surface area contributed by atoms with Crippen molar-refractivity contribution in [2.45, 2.75) is 6.42 Å². The summed E-state index contributed by atoms with van der Waals surface area (Å²) in [6.45, 7) is 0.821. The normalized spacial score (nSPS) is 9.13. The molecule has 0 saturated carbocycles. The van der Waals surface area contributed by atoms with Crippen molar-refractivity contribution in [2.75, 3.05) is 13.6 Å². The molecule has 0 radical (unpaired) electrons. The molecule has 0 aromatic carbocycles. The van der Waals surface area contributed by atoms with Crippen LogP contribution in [0.2, 0.25) is 0 Å². The van der Waals surface area contributed by atoms with Crippen LogP contribution in [-0.2, 0) is 0 Å². The van der Waals surface area contributed by atoms with Gasteiger partial charge in [0.2, 0.25) is 5.82 Å². The van der Waals surface area contributed by atoms with Crippen LogP contribution in [0.15, 0.2) is 12.4 Å². The molecule has 0 fully saturated rings. The first-order chi connectivity index (χ1) is 7.24. The molecular formula is C10H11N3O2. The number of hydrogen-bond acceptors (Lipinski definition) is 4. The molecule has 5 heteroatoms. The van der Waals surface area contributed by atoms with E-state index in [-0.39, 0.29) is 5.82 Å². The van der Waals surface area contributed by atoms with Crippen molar-refractivity contribution < 1.29 is 9.90 Å². The van der Waals surface area contributed by atoms with Gasteiger partial charge in [0.15, 0.2) is 0 Å². The minimum Gasteiger partial charge on any atom is -0.475 e. The van der Waals surface area contributed by atoms with Crippen LogP contribution in [0.1, 0.15) is 22.6 Å². The molecular weight excluding hydrogens is 194 g/mol. The second-order valence-electron chi connectivity index (χ2n) is 2.76. The van der Waals surface area contributed by atoms with E-state index in [1.54, 1.807) is 0 Å². The molecule has 0 spiro atoms. The summed E-state index contributed by atoms with van der Waals surface area (Å²) in [5.74, 6) is 4.40. The number of carboxylic acids is 1. The lowest BCUT2D eigenvalue weighted by molar-refractivity contribution is 0.0683. The van der Waals surface area contributed by atoms with Gasteiger partial charge in [-0.3, -0.25) is 0 Å². The van der Waals surface area contributed by atoms with E-state index >= 15 is 0 Å². The van der Waals surface area contributed by atoms with Crippen molar-refractivity contribution in [3.8, 4) is 11.8 Å². The largest absolute Gasteiger partial charge is 0.475 e. The van der Waals surface area contributed by atoms with Crippen molar-refractivity contribution in [1.29, 1.82) is 0 Å². The summed E-state index contributed by atoms with van der Waals surface area (Å²) in [5.41, 5.74) is 0.621. The van der Waals surface area contributed by atoms with Gasteiger partial charge in [-0.05, 0) is 7.05 Å². The van der Waals surface area contributed by atoms with E-state index in [0.29, 0.717) is 5.56 Å². The van der Waals surface area contributed by atoms with Crippen LogP contribution in [0.5, 0.6) is 0 Å². The average molecular weight is 205 g/mol. The van der Waals surface area contributed by atoms with E-state index in [2.05, 4.69) is 27.1 Å². The zero-order valence-electron chi connectivity index (χ0n) is 8.32. The summed E-state index contributed by atoms with van der Waals surface area (Å²) in [4.78, 5) is 17.7. The Morgan fingerprint density at radius 3 is 2.73 bits per heavy atom. The van der Waals surface area contributed by atoms with Crippen LogP contribution in [0, 0.1) is 11.8 Å². The summed E-state index contributed by atoms with van der Waals surface area (Å²) in [7, 11) is 1.85. The molecule has 15 heavy (non-hydrogen) atoms. The summed E-state index contributed by atoms with van der Waals surface area (Å²) >= 11 is 0. The maximum absolute atomic E-state index is 10.4. The molecule has 0 unspecified atom stereocenters. The summed E-state index contributed by atoms with van der Waals surface area (Å²) < 4.78 is 0. The molecule has 1 aromatic rings. The molecule has 0 aliphatic heterocycles. The molecule has 0 bridgehead atoms. The highest BCUT2D eigenvalue weighted by Gasteiger charge is 2.03. The van der Waals surface area contributed by atoms with E-state index in [1.807, 2.05) is 7.05 Å². The Hall–Kier alpha value is -1.93. The SMILES string of the molecule is CNCCC#Cc1cnc(C(=O)O)nc1. The number of carboxylic acid groups (broad SMARTS) is 1. The van der Waals surface area contributed by atoms with Crippen LogP contribution < -0.4 is 5.32 Å². The Kier molecular flexibility index (Phi) is 4.26. The Morgan fingerprint density at radius 2 is 2.20 bits per heavy atom. The maximum Gasteiger partial charge on any atom is 0.373 e. The first kappa shape index (κ1) is 11.1. The van der Waals surface area contributed by atoms with Gasteiger partial charge >= 0.3 is 5.97 Å². The third-order valence-electron chi connectivity index (χ3n) is 1.58. The second-order valence-corrected chi connectivity index (χ2v) is 2.76. The first-order valence-corrected chi connectivity index (χ1v) is 4.43. The lowest BCUT2D eigenvalue weighted by Crippen LogP contribution is -2.06. The number of aromatic nitrogens is 2. The quantitative estimate of drug-likeness (QED) is 0.542. The smallest absolute Gasteiger partial charge is 0.373 e. The third kappa shape index (κ3) is 3.75. The topological polar surface area (TPSA) is 75.1 Å². The van der Waals surface area contributed by atoms with Gasteiger partial charge in [0.05, 0.1) is 5.56 Å². The van der Waals surface area contributed by atoms with E-state index in [9.17, 15) is 4.79 Å². The monoisotopic (exact) mass is 205 g/mol. The lowest BCUT2D eigenvalue weighted by atomic mass is 10.3. The summed E-state index contributed by atoms with van der Waals surface area (Å²) in [6, 6.07) is 0. The third-order valence-corrected chi connectivity index (χ3v) is 1.58. The van der Waals surface area contributed by atoms with Crippen molar-refractivity contribution >= 4 is 5.97 Å². The van der Waals surface area contributed by atoms with Gasteiger partial charge in [0.25, 0.3) is 0 Å². The number of hydrogen-bond donors (Lipinski definition) is 2. The minimum absolute atomic E-state index is 0.212. The van der Waals surface area contributed by atoms with E-state index in [4.69, 9.17) is 5.11 Å². The van der Waals surface area contributed by atoms with Gasteiger partial charge in [-0.1, -0.05) is 11.8 Å². The highest BCUT2D eigenvalue weighted by atomic mass is 16.4. The van der Waals surface area contributed by atoms with Crippen molar-refractivity contribution in [3.63, 3.8) is 0 Å². The van der Waals surface area contributed by atoms with E-state index < -0.39 is 5.97 Å². The predicted octanol–water partition coefficient (Wildman–Crippen LogP) is 0.136. The van der Waals surface area contributed by atoms with Gasteiger partial charge in [-0.2, -0.15) is 0 Å². The zero-order valence-corrected chi connectivity index (χ0v) is 8.32. The molecule has 2 N–H and O–H groups in total.